The van der Waals surface area contributed by atoms with Crippen molar-refractivity contribution in [2.75, 3.05) is 11.6 Å². The zero-order chi connectivity index (χ0) is 11.9. The minimum Gasteiger partial charge on any atom is -0.382 e. The van der Waals surface area contributed by atoms with Gasteiger partial charge in [-0.3, -0.25) is 0 Å². The zero-order valence-corrected chi connectivity index (χ0v) is 9.78. The molecule has 84 valence electrons. The number of benzene rings is 1. The summed E-state index contributed by atoms with van der Waals surface area (Å²) in [7, 11) is 0. The molecule has 1 aromatic carbocycles. The highest BCUT2D eigenvalue weighted by atomic mass is 15.4. The Morgan fingerprint density at radius 1 is 1.12 bits per heavy atom. The minimum absolute atomic E-state index is 0.501. The summed E-state index contributed by atoms with van der Waals surface area (Å²) in [6.45, 7) is 5.98. The van der Waals surface area contributed by atoms with Crippen LogP contribution in [0.2, 0.25) is 0 Å². The maximum atomic E-state index is 5.90. The molecule has 0 saturated carbocycles. The van der Waals surface area contributed by atoms with Gasteiger partial charge in [0.15, 0.2) is 5.82 Å². The molecule has 0 aliphatic carbocycles. The third-order valence-corrected chi connectivity index (χ3v) is 2.90. The number of hydrogen-bond donors (Lipinski definition) is 2. The summed E-state index contributed by atoms with van der Waals surface area (Å²) in [5.74, 6) is 6.95. The molecule has 0 unspecified atom stereocenters. The van der Waals surface area contributed by atoms with E-state index in [-0.39, 0.29) is 0 Å². The number of hydrogen-bond acceptors (Lipinski definition) is 3. The van der Waals surface area contributed by atoms with Gasteiger partial charge in [0.1, 0.15) is 11.5 Å². The lowest BCUT2D eigenvalue weighted by Gasteiger charge is -2.04. The smallest absolute Gasteiger partial charge is 0.150 e. The van der Waals surface area contributed by atoms with E-state index in [0.29, 0.717) is 11.6 Å². The van der Waals surface area contributed by atoms with E-state index in [1.54, 1.807) is 0 Å². The predicted octanol–water partition coefficient (Wildman–Crippen LogP) is 1.77. The topological polar surface area (TPSA) is 69.9 Å². The first kappa shape index (κ1) is 10.5. The van der Waals surface area contributed by atoms with Gasteiger partial charge in [-0.25, -0.2) is 9.66 Å². The molecule has 0 aliphatic heterocycles. The van der Waals surface area contributed by atoms with Crippen LogP contribution < -0.4 is 11.6 Å². The predicted molar refractivity (Wildman–Crippen MR) is 66.4 cm³/mol. The first-order valence-electron chi connectivity index (χ1n) is 5.18. The van der Waals surface area contributed by atoms with Crippen molar-refractivity contribution in [2.24, 2.45) is 0 Å². The number of nitrogens with two attached hydrogens (primary N) is 2. The number of imidazole rings is 1. The zero-order valence-electron chi connectivity index (χ0n) is 9.78. The SMILES string of the molecule is Cc1ccc(-c2nc(C)n(N)c2N)cc1C. The Balaban J connectivity index is 2.59. The number of rotatable bonds is 1. The highest BCUT2D eigenvalue weighted by Crippen LogP contribution is 2.26. The summed E-state index contributed by atoms with van der Waals surface area (Å²) in [4.78, 5) is 4.36. The van der Waals surface area contributed by atoms with Crippen molar-refractivity contribution >= 4 is 5.82 Å². The number of aromatic nitrogens is 2. The number of aryl methyl sites for hydroxylation is 3. The monoisotopic (exact) mass is 216 g/mol. The van der Waals surface area contributed by atoms with Gasteiger partial charge in [-0.2, -0.15) is 0 Å². The summed E-state index contributed by atoms with van der Waals surface area (Å²) in [6, 6.07) is 6.16. The molecule has 4 heteroatoms. The molecule has 0 radical (unpaired) electrons. The van der Waals surface area contributed by atoms with Crippen molar-refractivity contribution in [2.45, 2.75) is 20.8 Å². The van der Waals surface area contributed by atoms with Crippen LogP contribution in [-0.4, -0.2) is 9.66 Å². The summed E-state index contributed by atoms with van der Waals surface area (Å²) in [5.41, 5.74) is 10.1. The van der Waals surface area contributed by atoms with Crippen LogP contribution in [0.3, 0.4) is 0 Å². The Bertz CT molecular complexity index is 540. The van der Waals surface area contributed by atoms with Gasteiger partial charge in [0.2, 0.25) is 0 Å². The lowest BCUT2D eigenvalue weighted by molar-refractivity contribution is 0.937. The van der Waals surface area contributed by atoms with Crippen molar-refractivity contribution in [3.05, 3.63) is 35.2 Å². The molecule has 4 nitrogen and oxygen atoms in total. The van der Waals surface area contributed by atoms with Crippen LogP contribution in [0.1, 0.15) is 17.0 Å². The van der Waals surface area contributed by atoms with E-state index in [1.165, 1.54) is 15.8 Å². The van der Waals surface area contributed by atoms with E-state index < -0.39 is 0 Å². The van der Waals surface area contributed by atoms with Crippen LogP contribution in [0.4, 0.5) is 5.82 Å². The summed E-state index contributed by atoms with van der Waals surface area (Å²) < 4.78 is 1.41. The standard InChI is InChI=1S/C12H16N4/c1-7-4-5-10(6-8(7)2)11-12(13)16(14)9(3)15-11/h4-6H,13-14H2,1-3H3. The number of nitrogens with zero attached hydrogens (tertiary/aromatic N) is 2. The van der Waals surface area contributed by atoms with Gasteiger partial charge >= 0.3 is 0 Å². The molecule has 2 rings (SSSR count). The molecule has 1 aromatic heterocycles. The molecular formula is C12H16N4. The van der Waals surface area contributed by atoms with Crippen molar-refractivity contribution in [1.82, 2.24) is 9.66 Å². The van der Waals surface area contributed by atoms with Gasteiger partial charge in [0, 0.05) is 5.56 Å². The fourth-order valence-electron chi connectivity index (χ4n) is 1.66. The summed E-state index contributed by atoms with van der Waals surface area (Å²) in [5, 5.41) is 0. The second-order valence-electron chi connectivity index (χ2n) is 4.06. The second-order valence-corrected chi connectivity index (χ2v) is 4.06. The molecule has 0 bridgehead atoms. The van der Waals surface area contributed by atoms with E-state index in [4.69, 9.17) is 11.6 Å². The Morgan fingerprint density at radius 2 is 1.81 bits per heavy atom. The third-order valence-electron chi connectivity index (χ3n) is 2.90. The lowest BCUT2D eigenvalue weighted by Crippen LogP contribution is -2.13. The average Bonchev–Trinajstić information content (AvgIpc) is 2.50. The van der Waals surface area contributed by atoms with Crippen molar-refractivity contribution in [1.29, 1.82) is 0 Å². The summed E-state index contributed by atoms with van der Waals surface area (Å²) in [6.07, 6.45) is 0. The highest BCUT2D eigenvalue weighted by molar-refractivity contribution is 5.71. The first-order chi connectivity index (χ1) is 7.50. The fraction of sp³-hybridized carbons (Fsp3) is 0.250. The van der Waals surface area contributed by atoms with Gasteiger partial charge in [-0.15, -0.1) is 0 Å². The van der Waals surface area contributed by atoms with Crippen molar-refractivity contribution in [3.8, 4) is 11.3 Å². The fourth-order valence-corrected chi connectivity index (χ4v) is 1.66. The van der Waals surface area contributed by atoms with Gasteiger partial charge in [0.25, 0.3) is 0 Å². The van der Waals surface area contributed by atoms with Crippen molar-refractivity contribution < 1.29 is 0 Å². The molecule has 1 heterocycles. The van der Waals surface area contributed by atoms with Crippen LogP contribution in [0, 0.1) is 20.8 Å². The molecule has 0 spiro atoms. The van der Waals surface area contributed by atoms with Crippen LogP contribution in [0.15, 0.2) is 18.2 Å². The Hall–Kier alpha value is -1.97. The third kappa shape index (κ3) is 1.52. The van der Waals surface area contributed by atoms with Crippen LogP contribution in [0.5, 0.6) is 0 Å². The van der Waals surface area contributed by atoms with E-state index in [2.05, 4.69) is 31.0 Å². The molecule has 0 atom stereocenters. The van der Waals surface area contributed by atoms with Crippen LogP contribution in [0.25, 0.3) is 11.3 Å². The Morgan fingerprint density at radius 3 is 2.31 bits per heavy atom. The maximum Gasteiger partial charge on any atom is 0.150 e. The van der Waals surface area contributed by atoms with Gasteiger partial charge in [-0.1, -0.05) is 12.1 Å². The molecular weight excluding hydrogens is 200 g/mol. The van der Waals surface area contributed by atoms with Crippen LogP contribution in [-0.2, 0) is 0 Å². The average molecular weight is 216 g/mol. The van der Waals surface area contributed by atoms with E-state index in [9.17, 15) is 0 Å². The Kier molecular flexibility index (Phi) is 2.34. The number of anilines is 1. The quantitative estimate of drug-likeness (QED) is 0.714. The van der Waals surface area contributed by atoms with E-state index >= 15 is 0 Å². The molecule has 4 N–H and O–H groups in total. The second kappa shape index (κ2) is 3.56. The summed E-state index contributed by atoms with van der Waals surface area (Å²) >= 11 is 0. The Labute approximate surface area is 94.9 Å². The normalized spacial score (nSPS) is 10.7. The largest absolute Gasteiger partial charge is 0.382 e. The molecule has 0 amide bonds. The van der Waals surface area contributed by atoms with Crippen molar-refractivity contribution in [3.63, 3.8) is 0 Å². The number of nitrogen functional groups attached to an aromatic ring is 2. The highest BCUT2D eigenvalue weighted by Gasteiger charge is 2.11. The first-order valence-corrected chi connectivity index (χ1v) is 5.18. The lowest BCUT2D eigenvalue weighted by atomic mass is 10.0. The van der Waals surface area contributed by atoms with E-state index in [1.807, 2.05) is 13.0 Å². The molecule has 0 fully saturated rings. The van der Waals surface area contributed by atoms with Gasteiger partial charge < -0.3 is 11.6 Å². The molecule has 0 saturated heterocycles. The molecule has 16 heavy (non-hydrogen) atoms. The van der Waals surface area contributed by atoms with Gasteiger partial charge in [0.05, 0.1) is 0 Å². The molecule has 0 aliphatic rings. The van der Waals surface area contributed by atoms with E-state index in [0.717, 1.165) is 11.3 Å². The maximum absolute atomic E-state index is 5.90. The van der Waals surface area contributed by atoms with Gasteiger partial charge in [-0.05, 0) is 38.0 Å². The van der Waals surface area contributed by atoms with Crippen LogP contribution >= 0.6 is 0 Å². The minimum atomic E-state index is 0.501. The molecule has 2 aromatic rings.